The molecule has 0 aliphatic rings. The Hall–Kier alpha value is -4.10. The average molecular weight is 611 g/mol. The number of aryl methyl sites for hydroxylation is 1. The van der Waals surface area contributed by atoms with Gasteiger partial charge < -0.3 is 14.6 Å². The van der Waals surface area contributed by atoms with Gasteiger partial charge in [0.25, 0.3) is 5.91 Å². The zero-order valence-electron chi connectivity index (χ0n) is 21.8. The van der Waals surface area contributed by atoms with Crippen LogP contribution in [0, 0.1) is 5.82 Å². The standard InChI is InChI=1S/C27H23ClF4N4O4S/c1-15(16-7-18(27(30,31)32)10-20(29)8-16)40-24-5-4-6-33-25(24)23-9-17(14-36(23)2)26(37)34-21-11-19(28)12-22(13-21)35-41(3,38)39/h4-15,35H,1-3H3,(H,34,37)/t15-/m0/s1. The van der Waals surface area contributed by atoms with E-state index in [4.69, 9.17) is 16.3 Å². The van der Waals surface area contributed by atoms with Crippen molar-refractivity contribution in [2.75, 3.05) is 16.3 Å². The van der Waals surface area contributed by atoms with Gasteiger partial charge in [-0.1, -0.05) is 11.6 Å². The minimum atomic E-state index is -4.73. The molecule has 0 fully saturated rings. The van der Waals surface area contributed by atoms with Gasteiger partial charge in [0, 0.05) is 30.2 Å². The van der Waals surface area contributed by atoms with Crippen molar-refractivity contribution in [2.45, 2.75) is 19.2 Å². The first-order valence-electron chi connectivity index (χ1n) is 11.8. The third-order valence-corrected chi connectivity index (χ3v) is 6.58. The highest BCUT2D eigenvalue weighted by atomic mass is 35.5. The molecule has 0 aliphatic heterocycles. The number of pyridine rings is 1. The number of carbonyl (C=O) groups is 1. The van der Waals surface area contributed by atoms with E-state index in [1.807, 2.05) is 0 Å². The van der Waals surface area contributed by atoms with Crippen molar-refractivity contribution in [2.24, 2.45) is 7.05 Å². The lowest BCUT2D eigenvalue weighted by atomic mass is 10.1. The molecule has 8 nitrogen and oxygen atoms in total. The molecule has 0 unspecified atom stereocenters. The summed E-state index contributed by atoms with van der Waals surface area (Å²) in [5.41, 5.74) is 0.188. The first-order chi connectivity index (χ1) is 19.1. The molecule has 4 rings (SSSR count). The van der Waals surface area contributed by atoms with Gasteiger partial charge in [-0.2, -0.15) is 13.2 Å². The Balaban J connectivity index is 1.59. The number of hydrogen-bond acceptors (Lipinski definition) is 5. The van der Waals surface area contributed by atoms with Crippen LogP contribution in [0.15, 0.2) is 67.0 Å². The number of nitrogens with one attached hydrogen (secondary N) is 2. The summed E-state index contributed by atoms with van der Waals surface area (Å²) >= 11 is 6.07. The van der Waals surface area contributed by atoms with Crippen LogP contribution in [-0.4, -0.2) is 30.1 Å². The van der Waals surface area contributed by atoms with Crippen molar-refractivity contribution in [1.82, 2.24) is 9.55 Å². The lowest BCUT2D eigenvalue weighted by Crippen LogP contribution is -2.13. The van der Waals surface area contributed by atoms with Gasteiger partial charge in [-0.05, 0) is 67.1 Å². The van der Waals surface area contributed by atoms with E-state index in [0.29, 0.717) is 11.8 Å². The monoisotopic (exact) mass is 610 g/mol. The van der Waals surface area contributed by atoms with E-state index in [2.05, 4.69) is 15.0 Å². The van der Waals surface area contributed by atoms with E-state index < -0.39 is 39.6 Å². The van der Waals surface area contributed by atoms with Crippen molar-refractivity contribution >= 4 is 38.9 Å². The molecule has 0 saturated carbocycles. The summed E-state index contributed by atoms with van der Waals surface area (Å²) in [7, 11) is -1.92. The third kappa shape index (κ3) is 7.55. The molecule has 1 amide bonds. The molecule has 0 saturated heterocycles. The summed E-state index contributed by atoms with van der Waals surface area (Å²) < 4.78 is 86.5. The molecule has 14 heteroatoms. The number of amides is 1. The van der Waals surface area contributed by atoms with E-state index in [-0.39, 0.29) is 39.0 Å². The summed E-state index contributed by atoms with van der Waals surface area (Å²) in [6.07, 6.45) is -1.73. The minimum absolute atomic E-state index is 0.0228. The van der Waals surface area contributed by atoms with E-state index in [0.717, 1.165) is 18.4 Å². The Morgan fingerprint density at radius 1 is 1.10 bits per heavy atom. The number of rotatable bonds is 8. The summed E-state index contributed by atoms with van der Waals surface area (Å²) in [4.78, 5) is 17.4. The van der Waals surface area contributed by atoms with Crippen LogP contribution in [0.1, 0.15) is 34.5 Å². The number of aromatic nitrogens is 2. The van der Waals surface area contributed by atoms with E-state index in [1.165, 1.54) is 43.6 Å². The number of nitrogens with zero attached hydrogens (tertiary/aromatic N) is 2. The van der Waals surface area contributed by atoms with Gasteiger partial charge >= 0.3 is 6.18 Å². The zero-order chi connectivity index (χ0) is 30.1. The fourth-order valence-electron chi connectivity index (χ4n) is 4.01. The SMILES string of the molecule is C[C@H](Oc1cccnc1-c1cc(C(=O)Nc2cc(Cl)cc(NS(C)(=O)=O)c2)cn1C)c1cc(F)cc(C(F)(F)F)c1. The smallest absolute Gasteiger partial charge is 0.416 e. The molecule has 216 valence electrons. The fourth-order valence-corrected chi connectivity index (χ4v) is 4.79. The summed E-state index contributed by atoms with van der Waals surface area (Å²) in [5.74, 6) is -1.39. The molecule has 1 atom stereocenters. The first kappa shape index (κ1) is 29.9. The number of anilines is 2. The predicted octanol–water partition coefficient (Wildman–Crippen LogP) is 6.66. The molecule has 4 aromatic rings. The van der Waals surface area contributed by atoms with Crippen molar-refractivity contribution in [3.63, 3.8) is 0 Å². The second-order valence-corrected chi connectivity index (χ2v) is 11.3. The number of benzene rings is 2. The van der Waals surface area contributed by atoms with Gasteiger partial charge in [-0.3, -0.25) is 14.5 Å². The van der Waals surface area contributed by atoms with Gasteiger partial charge in [0.2, 0.25) is 10.0 Å². The van der Waals surface area contributed by atoms with Crippen LogP contribution >= 0.6 is 11.6 Å². The van der Waals surface area contributed by atoms with Gasteiger partial charge in [-0.15, -0.1) is 0 Å². The maximum Gasteiger partial charge on any atom is 0.416 e. The van der Waals surface area contributed by atoms with Crippen LogP contribution in [0.25, 0.3) is 11.4 Å². The number of carbonyl (C=O) groups excluding carboxylic acids is 1. The Kier molecular flexibility index (Phi) is 8.31. The Labute approximate surface area is 238 Å². The van der Waals surface area contributed by atoms with Gasteiger partial charge in [0.05, 0.1) is 28.8 Å². The van der Waals surface area contributed by atoms with Crippen LogP contribution in [0.3, 0.4) is 0 Å². The largest absolute Gasteiger partial charge is 0.484 e. The van der Waals surface area contributed by atoms with Crippen LogP contribution in [0.2, 0.25) is 5.02 Å². The van der Waals surface area contributed by atoms with E-state index in [1.54, 1.807) is 23.7 Å². The molecule has 0 aliphatic carbocycles. The molecule has 41 heavy (non-hydrogen) atoms. The van der Waals surface area contributed by atoms with E-state index in [9.17, 15) is 30.8 Å². The van der Waals surface area contributed by atoms with Crippen molar-refractivity contribution in [3.8, 4) is 17.1 Å². The number of sulfonamides is 1. The predicted molar refractivity (Wildman–Crippen MR) is 147 cm³/mol. The van der Waals surface area contributed by atoms with Crippen LogP contribution in [0.4, 0.5) is 28.9 Å². The van der Waals surface area contributed by atoms with Crippen molar-refractivity contribution in [1.29, 1.82) is 0 Å². The summed E-state index contributed by atoms with van der Waals surface area (Å²) in [6.45, 7) is 1.48. The summed E-state index contributed by atoms with van der Waals surface area (Å²) in [6, 6.07) is 11.1. The lowest BCUT2D eigenvalue weighted by Gasteiger charge is -2.19. The number of alkyl halides is 3. The number of hydrogen-bond donors (Lipinski definition) is 2. The third-order valence-electron chi connectivity index (χ3n) is 5.76. The Bertz CT molecular complexity index is 1720. The second kappa shape index (κ2) is 11.4. The zero-order valence-corrected chi connectivity index (χ0v) is 23.3. The molecular formula is C27H23ClF4N4O4S. The van der Waals surface area contributed by atoms with Gasteiger partial charge in [-0.25, -0.2) is 12.8 Å². The number of ether oxygens (including phenoxy) is 1. The molecule has 2 N–H and O–H groups in total. The highest BCUT2D eigenvalue weighted by molar-refractivity contribution is 7.92. The van der Waals surface area contributed by atoms with Gasteiger partial charge in [0.15, 0.2) is 0 Å². The maximum atomic E-state index is 14.0. The second-order valence-electron chi connectivity index (χ2n) is 9.16. The Morgan fingerprint density at radius 3 is 2.49 bits per heavy atom. The van der Waals surface area contributed by atoms with E-state index >= 15 is 0 Å². The number of halogens is 5. The average Bonchev–Trinajstić information content (AvgIpc) is 3.23. The molecule has 2 heterocycles. The highest BCUT2D eigenvalue weighted by Crippen LogP contribution is 2.35. The molecular weight excluding hydrogens is 588 g/mol. The quantitative estimate of drug-likeness (QED) is 0.217. The first-order valence-corrected chi connectivity index (χ1v) is 14.1. The topological polar surface area (TPSA) is 102 Å². The molecule has 0 radical (unpaired) electrons. The highest BCUT2D eigenvalue weighted by Gasteiger charge is 2.32. The Morgan fingerprint density at radius 2 is 1.80 bits per heavy atom. The molecule has 0 spiro atoms. The van der Waals surface area contributed by atoms with Crippen molar-refractivity contribution in [3.05, 3.63) is 94.5 Å². The lowest BCUT2D eigenvalue weighted by molar-refractivity contribution is -0.137. The molecule has 2 aromatic heterocycles. The maximum absolute atomic E-state index is 14.0. The summed E-state index contributed by atoms with van der Waals surface area (Å²) in [5, 5.41) is 2.85. The van der Waals surface area contributed by atoms with Crippen LogP contribution < -0.4 is 14.8 Å². The minimum Gasteiger partial charge on any atom is -0.484 e. The molecule has 0 bridgehead atoms. The normalized spacial score (nSPS) is 12.6. The van der Waals surface area contributed by atoms with Crippen molar-refractivity contribution < 1.29 is 35.5 Å². The van der Waals surface area contributed by atoms with Gasteiger partial charge in [0.1, 0.15) is 23.4 Å². The molecule has 2 aromatic carbocycles. The van der Waals surface area contributed by atoms with Crippen LogP contribution in [0.5, 0.6) is 5.75 Å². The van der Waals surface area contributed by atoms with Crippen LogP contribution in [-0.2, 0) is 23.2 Å². The fraction of sp³-hybridized carbons (Fsp3) is 0.185.